The zero-order chi connectivity index (χ0) is 23.5. The summed E-state index contributed by atoms with van der Waals surface area (Å²) in [6.45, 7) is 4.02. The van der Waals surface area contributed by atoms with Gasteiger partial charge in [0.25, 0.3) is 0 Å². The number of aryl methyl sites for hydroxylation is 1. The second-order valence-electron chi connectivity index (χ2n) is 10.1. The van der Waals surface area contributed by atoms with Crippen LogP contribution in [-0.4, -0.2) is 0 Å². The fraction of sp³-hybridized carbons (Fsp3) is 0.517. The van der Waals surface area contributed by atoms with E-state index < -0.39 is 23.3 Å². The van der Waals surface area contributed by atoms with E-state index >= 15 is 4.39 Å². The Kier molecular flexibility index (Phi) is 7.61. The predicted molar refractivity (Wildman–Crippen MR) is 126 cm³/mol. The fourth-order valence-corrected chi connectivity index (χ4v) is 5.65. The maximum atomic E-state index is 15.0. The Bertz CT molecular complexity index is 993. The Morgan fingerprint density at radius 2 is 1.24 bits per heavy atom. The average molecular weight is 459 g/mol. The molecule has 0 nitrogen and oxygen atoms in total. The molecule has 2 saturated carbocycles. The van der Waals surface area contributed by atoms with Crippen LogP contribution in [0.15, 0.2) is 30.3 Å². The molecule has 4 rings (SSSR count). The molecule has 33 heavy (non-hydrogen) atoms. The molecule has 0 spiro atoms. The highest BCUT2D eigenvalue weighted by atomic mass is 19.2. The number of halogens is 4. The summed E-state index contributed by atoms with van der Waals surface area (Å²) in [6.07, 6.45) is 11.2. The van der Waals surface area contributed by atoms with Crippen molar-refractivity contribution in [2.24, 2.45) is 11.8 Å². The first-order valence-electron chi connectivity index (χ1n) is 12.5. The van der Waals surface area contributed by atoms with E-state index in [2.05, 4.69) is 6.92 Å². The average Bonchev–Trinajstić information content (AvgIpc) is 2.83. The Balaban J connectivity index is 1.39. The van der Waals surface area contributed by atoms with Crippen LogP contribution in [0.1, 0.15) is 99.3 Å². The number of benzene rings is 2. The van der Waals surface area contributed by atoms with Crippen LogP contribution in [0.2, 0.25) is 0 Å². The van der Waals surface area contributed by atoms with Crippen molar-refractivity contribution in [1.82, 2.24) is 0 Å². The number of rotatable bonds is 5. The molecular formula is C29H34F4. The highest BCUT2D eigenvalue weighted by Gasteiger charge is 2.28. The lowest BCUT2D eigenvalue weighted by atomic mass is 9.76. The van der Waals surface area contributed by atoms with Gasteiger partial charge in [0.05, 0.1) is 0 Å². The van der Waals surface area contributed by atoms with Crippen molar-refractivity contribution in [3.8, 4) is 0 Å². The Morgan fingerprint density at radius 3 is 1.79 bits per heavy atom. The van der Waals surface area contributed by atoms with Crippen molar-refractivity contribution in [2.75, 3.05) is 0 Å². The van der Waals surface area contributed by atoms with Gasteiger partial charge in [0.15, 0.2) is 23.3 Å². The lowest BCUT2D eigenvalue weighted by Crippen LogP contribution is -2.16. The van der Waals surface area contributed by atoms with Crippen LogP contribution in [0.25, 0.3) is 6.08 Å². The molecule has 2 fully saturated rings. The quantitative estimate of drug-likeness (QED) is 0.392. The van der Waals surface area contributed by atoms with Gasteiger partial charge in [0.2, 0.25) is 0 Å². The second-order valence-corrected chi connectivity index (χ2v) is 10.1. The SMILES string of the molecule is CCc1ccc(C=CC2CCC(c3ccc(C4CCC(C)CC4)c(F)c3F)CC2)c(F)c1F. The Hall–Kier alpha value is -2.10. The lowest BCUT2D eigenvalue weighted by Gasteiger charge is -2.29. The fourth-order valence-electron chi connectivity index (χ4n) is 5.65. The summed E-state index contributed by atoms with van der Waals surface area (Å²) in [7, 11) is 0. The monoisotopic (exact) mass is 458 g/mol. The van der Waals surface area contributed by atoms with Crippen molar-refractivity contribution in [3.63, 3.8) is 0 Å². The van der Waals surface area contributed by atoms with Crippen molar-refractivity contribution in [3.05, 3.63) is 75.9 Å². The molecule has 2 aliphatic carbocycles. The number of hydrogen-bond acceptors (Lipinski definition) is 0. The standard InChI is InChI=1S/C29H34F4/c1-3-20-14-15-23(27(31)26(20)30)13-8-19-6-11-22(12-7-19)25-17-16-24(28(32)29(25)33)21-9-4-18(2)5-10-21/h8,13-19,21-22H,3-7,9-12H2,1-2H3. The minimum Gasteiger partial charge on any atom is -0.203 e. The molecule has 0 amide bonds. The minimum absolute atomic E-state index is 0.00240. The van der Waals surface area contributed by atoms with Crippen LogP contribution in [0.3, 0.4) is 0 Å². The van der Waals surface area contributed by atoms with Crippen LogP contribution in [0, 0.1) is 35.1 Å². The molecule has 0 radical (unpaired) electrons. The molecule has 2 aromatic rings. The van der Waals surface area contributed by atoms with Crippen LogP contribution in [0.5, 0.6) is 0 Å². The molecule has 0 saturated heterocycles. The first kappa shape index (κ1) is 24.0. The van der Waals surface area contributed by atoms with Crippen molar-refractivity contribution < 1.29 is 17.6 Å². The maximum absolute atomic E-state index is 15.0. The highest BCUT2D eigenvalue weighted by Crippen LogP contribution is 2.41. The Morgan fingerprint density at radius 1 is 0.697 bits per heavy atom. The van der Waals surface area contributed by atoms with E-state index in [-0.39, 0.29) is 23.3 Å². The Labute approximate surface area is 195 Å². The molecule has 0 aliphatic heterocycles. The molecule has 0 atom stereocenters. The third-order valence-corrected chi connectivity index (χ3v) is 7.93. The molecule has 0 unspecified atom stereocenters. The van der Waals surface area contributed by atoms with E-state index in [0.717, 1.165) is 51.4 Å². The van der Waals surface area contributed by atoms with E-state index in [0.29, 0.717) is 29.0 Å². The molecule has 0 bridgehead atoms. The minimum atomic E-state index is -0.802. The zero-order valence-corrected chi connectivity index (χ0v) is 19.6. The van der Waals surface area contributed by atoms with Gasteiger partial charge in [-0.25, -0.2) is 17.6 Å². The number of hydrogen-bond donors (Lipinski definition) is 0. The molecule has 0 heterocycles. The van der Waals surface area contributed by atoms with Crippen LogP contribution in [0.4, 0.5) is 17.6 Å². The molecule has 178 valence electrons. The van der Waals surface area contributed by atoms with Gasteiger partial charge in [-0.05, 0) is 85.3 Å². The lowest BCUT2D eigenvalue weighted by molar-refractivity contribution is 0.336. The molecule has 2 aromatic carbocycles. The molecule has 2 aliphatic rings. The van der Waals surface area contributed by atoms with E-state index in [9.17, 15) is 13.2 Å². The van der Waals surface area contributed by atoms with Gasteiger partial charge in [-0.2, -0.15) is 0 Å². The zero-order valence-electron chi connectivity index (χ0n) is 19.6. The third-order valence-electron chi connectivity index (χ3n) is 7.93. The van der Waals surface area contributed by atoms with Gasteiger partial charge < -0.3 is 0 Å². The summed E-state index contributed by atoms with van der Waals surface area (Å²) in [5, 5.41) is 0. The van der Waals surface area contributed by atoms with E-state index in [1.54, 1.807) is 31.2 Å². The molecule has 4 heteroatoms. The van der Waals surface area contributed by atoms with E-state index in [1.165, 1.54) is 0 Å². The van der Waals surface area contributed by atoms with Crippen LogP contribution >= 0.6 is 0 Å². The van der Waals surface area contributed by atoms with Gasteiger partial charge >= 0.3 is 0 Å². The molecular weight excluding hydrogens is 424 g/mol. The van der Waals surface area contributed by atoms with Gasteiger partial charge in [-0.1, -0.05) is 63.1 Å². The first-order valence-corrected chi connectivity index (χ1v) is 12.5. The maximum Gasteiger partial charge on any atom is 0.166 e. The number of allylic oxidation sites excluding steroid dienone is 1. The van der Waals surface area contributed by atoms with Crippen LogP contribution < -0.4 is 0 Å². The summed E-state index contributed by atoms with van der Waals surface area (Å²) in [5.74, 6) is -1.86. The third kappa shape index (κ3) is 5.20. The van der Waals surface area contributed by atoms with Gasteiger partial charge in [-0.3, -0.25) is 0 Å². The first-order chi connectivity index (χ1) is 15.9. The van der Waals surface area contributed by atoms with E-state index in [4.69, 9.17) is 0 Å². The molecule has 0 aromatic heterocycles. The van der Waals surface area contributed by atoms with Crippen LogP contribution in [-0.2, 0) is 6.42 Å². The molecule has 0 N–H and O–H groups in total. The highest BCUT2D eigenvalue weighted by molar-refractivity contribution is 5.51. The summed E-state index contributed by atoms with van der Waals surface area (Å²) >= 11 is 0. The van der Waals surface area contributed by atoms with Gasteiger partial charge in [-0.15, -0.1) is 0 Å². The largest absolute Gasteiger partial charge is 0.203 e. The summed E-state index contributed by atoms with van der Waals surface area (Å²) in [4.78, 5) is 0. The van der Waals surface area contributed by atoms with Crippen molar-refractivity contribution >= 4 is 6.08 Å². The van der Waals surface area contributed by atoms with Gasteiger partial charge in [0, 0.05) is 5.56 Å². The summed E-state index contributed by atoms with van der Waals surface area (Å²) < 4.78 is 58.3. The van der Waals surface area contributed by atoms with E-state index in [1.807, 2.05) is 12.1 Å². The predicted octanol–water partition coefficient (Wildman–Crippen LogP) is 9.09. The normalized spacial score (nSPS) is 26.1. The summed E-state index contributed by atoms with van der Waals surface area (Å²) in [5.41, 5.74) is 1.67. The van der Waals surface area contributed by atoms with Gasteiger partial charge in [0.1, 0.15) is 0 Å². The van der Waals surface area contributed by atoms with Crippen molar-refractivity contribution in [2.45, 2.75) is 83.5 Å². The smallest absolute Gasteiger partial charge is 0.166 e. The topological polar surface area (TPSA) is 0 Å². The second kappa shape index (κ2) is 10.4. The van der Waals surface area contributed by atoms with Crippen molar-refractivity contribution in [1.29, 1.82) is 0 Å². The summed E-state index contributed by atoms with van der Waals surface area (Å²) in [6, 6.07) is 6.87.